The molecular formula is C14H22N2O3. The van der Waals surface area contributed by atoms with Gasteiger partial charge in [0.2, 0.25) is 0 Å². The minimum Gasteiger partial charge on any atom is -0.467 e. The number of carbonyl (C=O) groups excluding carboxylic acids is 1. The highest BCUT2D eigenvalue weighted by Gasteiger charge is 2.11. The number of esters is 1. The molecule has 19 heavy (non-hydrogen) atoms. The lowest BCUT2D eigenvalue weighted by molar-refractivity contribution is 0.0600. The summed E-state index contributed by atoms with van der Waals surface area (Å²) in [5.41, 5.74) is 0.469. The monoisotopic (exact) mass is 266 g/mol. The quantitative estimate of drug-likeness (QED) is 0.600. The average molecular weight is 266 g/mol. The van der Waals surface area contributed by atoms with Crippen LogP contribution in [-0.4, -0.2) is 44.2 Å². The summed E-state index contributed by atoms with van der Waals surface area (Å²) in [6.07, 6.45) is 5.27. The van der Waals surface area contributed by atoms with Crippen molar-refractivity contribution in [1.82, 2.24) is 10.2 Å². The number of rotatable bonds is 7. The molecule has 5 nitrogen and oxygen atoms in total. The number of ether oxygens (including phenoxy) is 1. The topological polar surface area (TPSA) is 54.7 Å². The predicted molar refractivity (Wildman–Crippen MR) is 72.0 cm³/mol. The second kappa shape index (κ2) is 7.31. The maximum absolute atomic E-state index is 11.2. The van der Waals surface area contributed by atoms with Gasteiger partial charge >= 0.3 is 5.97 Å². The molecule has 0 unspecified atom stereocenters. The molecule has 1 N–H and O–H groups in total. The highest BCUT2D eigenvalue weighted by atomic mass is 16.5. The van der Waals surface area contributed by atoms with Crippen LogP contribution in [0.25, 0.3) is 0 Å². The summed E-state index contributed by atoms with van der Waals surface area (Å²) < 4.78 is 9.92. The summed E-state index contributed by atoms with van der Waals surface area (Å²) in [5, 5.41) is 3.32. The molecule has 1 aromatic heterocycles. The molecule has 106 valence electrons. The van der Waals surface area contributed by atoms with Gasteiger partial charge in [0.05, 0.1) is 19.2 Å². The van der Waals surface area contributed by atoms with Crippen LogP contribution in [0.3, 0.4) is 0 Å². The minimum absolute atomic E-state index is 0.357. The number of hydrogen-bond donors (Lipinski definition) is 1. The molecule has 1 aliphatic rings. The first kappa shape index (κ1) is 14.1. The minimum atomic E-state index is -0.357. The Morgan fingerprint density at radius 2 is 2.26 bits per heavy atom. The number of nitrogens with zero attached hydrogens (tertiary/aromatic N) is 1. The number of furan rings is 1. The normalized spacial score (nSPS) is 15.8. The van der Waals surface area contributed by atoms with Crippen LogP contribution in [0.5, 0.6) is 0 Å². The van der Waals surface area contributed by atoms with E-state index in [-0.39, 0.29) is 5.97 Å². The molecule has 1 aromatic rings. The molecule has 0 saturated carbocycles. The first-order chi connectivity index (χ1) is 9.29. The fourth-order valence-corrected chi connectivity index (χ4v) is 2.34. The molecule has 5 heteroatoms. The van der Waals surface area contributed by atoms with Gasteiger partial charge in [0.25, 0.3) is 0 Å². The molecule has 1 fully saturated rings. The third-order valence-electron chi connectivity index (χ3n) is 3.40. The van der Waals surface area contributed by atoms with E-state index in [0.717, 1.165) is 18.7 Å². The maximum Gasteiger partial charge on any atom is 0.341 e. The molecule has 0 spiro atoms. The van der Waals surface area contributed by atoms with E-state index in [4.69, 9.17) is 4.42 Å². The van der Waals surface area contributed by atoms with Gasteiger partial charge in [-0.2, -0.15) is 0 Å². The number of likely N-dealkylation sites (tertiary alicyclic amines) is 1. The van der Waals surface area contributed by atoms with Gasteiger partial charge < -0.3 is 19.4 Å². The second-order valence-corrected chi connectivity index (χ2v) is 4.87. The van der Waals surface area contributed by atoms with Crippen molar-refractivity contribution in [3.63, 3.8) is 0 Å². The molecule has 1 aliphatic heterocycles. The smallest absolute Gasteiger partial charge is 0.341 e. The number of methoxy groups -OCH3 is 1. The van der Waals surface area contributed by atoms with Crippen molar-refractivity contribution in [2.75, 3.05) is 33.3 Å². The molecule has 2 rings (SSSR count). The zero-order valence-electron chi connectivity index (χ0n) is 11.5. The first-order valence-electron chi connectivity index (χ1n) is 6.88. The Labute approximate surface area is 113 Å². The molecule has 1 saturated heterocycles. The van der Waals surface area contributed by atoms with Crippen LogP contribution in [0, 0.1) is 0 Å². The summed E-state index contributed by atoms with van der Waals surface area (Å²) >= 11 is 0. The highest BCUT2D eigenvalue weighted by molar-refractivity contribution is 5.88. The Bertz CT molecular complexity index is 397. The number of carbonyl (C=O) groups is 1. The van der Waals surface area contributed by atoms with E-state index in [1.807, 2.05) is 0 Å². The van der Waals surface area contributed by atoms with Crippen molar-refractivity contribution in [3.05, 3.63) is 23.7 Å². The van der Waals surface area contributed by atoms with Crippen molar-refractivity contribution in [2.24, 2.45) is 0 Å². The van der Waals surface area contributed by atoms with Gasteiger partial charge in [-0.25, -0.2) is 4.79 Å². The standard InChI is InChI=1S/C14H22N2O3/c1-18-14(17)12-9-13(19-11-12)10-15-5-4-8-16-6-2-3-7-16/h9,11,15H,2-8,10H2,1H3. The molecule has 2 heterocycles. The molecule has 0 atom stereocenters. The molecule has 0 bridgehead atoms. The summed E-state index contributed by atoms with van der Waals surface area (Å²) in [6.45, 7) is 5.28. The van der Waals surface area contributed by atoms with Crippen LogP contribution in [0.2, 0.25) is 0 Å². The second-order valence-electron chi connectivity index (χ2n) is 4.87. The van der Waals surface area contributed by atoms with Crippen LogP contribution in [0.15, 0.2) is 16.7 Å². The van der Waals surface area contributed by atoms with Gasteiger partial charge in [0.1, 0.15) is 12.0 Å². The third kappa shape index (κ3) is 4.36. The SMILES string of the molecule is COC(=O)c1coc(CNCCCN2CCCC2)c1. The first-order valence-corrected chi connectivity index (χ1v) is 6.88. The summed E-state index contributed by atoms with van der Waals surface area (Å²) in [7, 11) is 1.37. The van der Waals surface area contributed by atoms with E-state index in [2.05, 4.69) is 15.0 Å². The number of nitrogens with one attached hydrogen (secondary N) is 1. The summed E-state index contributed by atoms with van der Waals surface area (Å²) in [4.78, 5) is 13.7. The van der Waals surface area contributed by atoms with Crippen molar-refractivity contribution < 1.29 is 13.9 Å². The van der Waals surface area contributed by atoms with Gasteiger partial charge in [-0.1, -0.05) is 0 Å². The Balaban J connectivity index is 1.60. The zero-order chi connectivity index (χ0) is 13.5. The van der Waals surface area contributed by atoms with Crippen LogP contribution < -0.4 is 5.32 Å². The summed E-state index contributed by atoms with van der Waals surface area (Å²) in [5.74, 6) is 0.408. The largest absolute Gasteiger partial charge is 0.467 e. The van der Waals surface area contributed by atoms with Crippen LogP contribution in [0.4, 0.5) is 0 Å². The van der Waals surface area contributed by atoms with E-state index in [9.17, 15) is 4.79 Å². The Morgan fingerprint density at radius 3 is 3.00 bits per heavy atom. The molecule has 0 aliphatic carbocycles. The van der Waals surface area contributed by atoms with E-state index < -0.39 is 0 Å². The molecular weight excluding hydrogens is 244 g/mol. The average Bonchev–Trinajstić information content (AvgIpc) is 3.08. The maximum atomic E-state index is 11.2. The predicted octanol–water partition coefficient (Wildman–Crippen LogP) is 1.64. The van der Waals surface area contributed by atoms with Gasteiger partial charge in [-0.15, -0.1) is 0 Å². The van der Waals surface area contributed by atoms with Crippen molar-refractivity contribution in [1.29, 1.82) is 0 Å². The lowest BCUT2D eigenvalue weighted by Gasteiger charge is -2.13. The Hall–Kier alpha value is -1.33. The van der Waals surface area contributed by atoms with Gasteiger partial charge in [0, 0.05) is 0 Å². The van der Waals surface area contributed by atoms with E-state index in [1.165, 1.54) is 45.8 Å². The molecule has 0 aromatic carbocycles. The Morgan fingerprint density at radius 1 is 1.47 bits per heavy atom. The fourth-order valence-electron chi connectivity index (χ4n) is 2.34. The fraction of sp³-hybridized carbons (Fsp3) is 0.643. The van der Waals surface area contributed by atoms with E-state index >= 15 is 0 Å². The lowest BCUT2D eigenvalue weighted by Crippen LogP contribution is -2.24. The Kier molecular flexibility index (Phi) is 5.42. The summed E-state index contributed by atoms with van der Waals surface area (Å²) in [6, 6.07) is 1.72. The van der Waals surface area contributed by atoms with Crippen molar-refractivity contribution in [3.8, 4) is 0 Å². The number of hydrogen-bond acceptors (Lipinski definition) is 5. The van der Waals surface area contributed by atoms with E-state index in [0.29, 0.717) is 12.1 Å². The van der Waals surface area contributed by atoms with E-state index in [1.54, 1.807) is 6.07 Å². The van der Waals surface area contributed by atoms with Crippen LogP contribution in [0.1, 0.15) is 35.4 Å². The van der Waals surface area contributed by atoms with Gasteiger partial charge in [0.15, 0.2) is 0 Å². The highest BCUT2D eigenvalue weighted by Crippen LogP contribution is 2.09. The van der Waals surface area contributed by atoms with Crippen molar-refractivity contribution >= 4 is 5.97 Å². The van der Waals surface area contributed by atoms with Crippen LogP contribution >= 0.6 is 0 Å². The van der Waals surface area contributed by atoms with Crippen molar-refractivity contribution in [2.45, 2.75) is 25.8 Å². The van der Waals surface area contributed by atoms with Gasteiger partial charge in [-0.3, -0.25) is 0 Å². The van der Waals surface area contributed by atoms with Crippen LogP contribution in [-0.2, 0) is 11.3 Å². The van der Waals surface area contributed by atoms with Gasteiger partial charge in [-0.05, 0) is 51.5 Å². The lowest BCUT2D eigenvalue weighted by atomic mass is 10.3. The molecule has 0 radical (unpaired) electrons. The third-order valence-corrected chi connectivity index (χ3v) is 3.40. The molecule has 0 amide bonds. The zero-order valence-corrected chi connectivity index (χ0v) is 11.5.